The van der Waals surface area contributed by atoms with E-state index in [2.05, 4.69) is 33.3 Å². The summed E-state index contributed by atoms with van der Waals surface area (Å²) in [4.78, 5) is 27.6. The minimum absolute atomic E-state index is 0.0340. The van der Waals surface area contributed by atoms with Crippen LogP contribution < -0.4 is 16.0 Å². The number of rotatable bonds is 5. The lowest BCUT2D eigenvalue weighted by atomic mass is 9.99. The van der Waals surface area contributed by atoms with E-state index in [-0.39, 0.29) is 11.7 Å². The van der Waals surface area contributed by atoms with Gasteiger partial charge in [-0.25, -0.2) is 4.39 Å². The van der Waals surface area contributed by atoms with Crippen LogP contribution in [-0.4, -0.2) is 49.4 Å². The number of benzene rings is 2. The zero-order valence-electron chi connectivity index (χ0n) is 17.7. The normalized spacial score (nSPS) is 16.8. The second-order valence-electron chi connectivity index (χ2n) is 8.43. The molecule has 3 N–H and O–H groups in total. The van der Waals surface area contributed by atoms with E-state index in [1.165, 1.54) is 23.3 Å². The number of nitrogens with two attached hydrogens (primary N) is 1. The van der Waals surface area contributed by atoms with E-state index >= 15 is 0 Å². The molecule has 8 heteroatoms. The predicted octanol–water partition coefficient (Wildman–Crippen LogP) is 2.92. The van der Waals surface area contributed by atoms with Gasteiger partial charge in [0, 0.05) is 56.3 Å². The second-order valence-corrected chi connectivity index (χ2v) is 8.43. The van der Waals surface area contributed by atoms with E-state index in [0.717, 1.165) is 56.9 Å². The average molecular weight is 436 g/mol. The van der Waals surface area contributed by atoms with Crippen molar-refractivity contribution in [2.24, 2.45) is 5.73 Å². The largest absolute Gasteiger partial charge is 0.451 e. The molecule has 7 nitrogen and oxygen atoms in total. The van der Waals surface area contributed by atoms with Gasteiger partial charge in [0.2, 0.25) is 5.91 Å². The molecule has 2 amide bonds. The molecule has 166 valence electrons. The van der Waals surface area contributed by atoms with Gasteiger partial charge in [0.25, 0.3) is 5.91 Å². The molecule has 3 heterocycles. The number of aryl methyl sites for hydroxylation is 1. The van der Waals surface area contributed by atoms with Crippen LogP contribution in [0.25, 0.3) is 11.0 Å². The number of fused-ring (bicyclic) bond motifs is 2. The minimum atomic E-state index is -0.667. The van der Waals surface area contributed by atoms with E-state index in [0.29, 0.717) is 17.4 Å². The molecule has 0 radical (unpaired) electrons. The molecule has 0 atom stereocenters. The third-order valence-corrected chi connectivity index (χ3v) is 6.32. The van der Waals surface area contributed by atoms with Gasteiger partial charge in [-0.3, -0.25) is 14.5 Å². The number of amides is 2. The summed E-state index contributed by atoms with van der Waals surface area (Å²) in [5, 5.41) is 3.66. The van der Waals surface area contributed by atoms with E-state index in [4.69, 9.17) is 10.2 Å². The zero-order chi connectivity index (χ0) is 22.2. The second kappa shape index (κ2) is 8.27. The molecule has 32 heavy (non-hydrogen) atoms. The number of halogens is 1. The minimum Gasteiger partial charge on any atom is -0.451 e. The van der Waals surface area contributed by atoms with Crippen LogP contribution in [0.2, 0.25) is 0 Å². The highest BCUT2D eigenvalue weighted by molar-refractivity contribution is 5.99. The van der Waals surface area contributed by atoms with E-state index in [1.807, 2.05) is 0 Å². The summed E-state index contributed by atoms with van der Waals surface area (Å²) in [6.07, 6.45) is 2.25. The van der Waals surface area contributed by atoms with Gasteiger partial charge in [-0.1, -0.05) is 12.1 Å². The Labute approximate surface area is 185 Å². The summed E-state index contributed by atoms with van der Waals surface area (Å²) in [5.41, 5.74) is 9.72. The number of piperazine rings is 1. The van der Waals surface area contributed by atoms with Gasteiger partial charge in [0.1, 0.15) is 11.4 Å². The van der Waals surface area contributed by atoms with Crippen LogP contribution in [0.1, 0.15) is 28.1 Å². The summed E-state index contributed by atoms with van der Waals surface area (Å²) in [5.74, 6) is -0.955. The van der Waals surface area contributed by atoms with Gasteiger partial charge in [-0.05, 0) is 42.2 Å². The number of hydrogen-bond donors (Lipinski definition) is 2. The Morgan fingerprint density at radius 3 is 2.69 bits per heavy atom. The molecule has 1 fully saturated rings. The average Bonchev–Trinajstić information content (AvgIpc) is 3.21. The third-order valence-electron chi connectivity index (χ3n) is 6.32. The summed E-state index contributed by atoms with van der Waals surface area (Å²) < 4.78 is 19.6. The predicted molar refractivity (Wildman–Crippen MR) is 120 cm³/mol. The summed E-state index contributed by atoms with van der Waals surface area (Å²) in [6.45, 7) is 4.10. The molecule has 2 aromatic carbocycles. The first-order chi connectivity index (χ1) is 15.5. The smallest absolute Gasteiger partial charge is 0.284 e. The number of hydrogen-bond acceptors (Lipinski definition) is 5. The quantitative estimate of drug-likeness (QED) is 0.642. The molecule has 0 saturated carbocycles. The van der Waals surface area contributed by atoms with Crippen molar-refractivity contribution < 1.29 is 18.4 Å². The molecule has 1 saturated heterocycles. The monoisotopic (exact) mass is 436 g/mol. The van der Waals surface area contributed by atoms with Gasteiger partial charge in [0.05, 0.1) is 5.69 Å². The van der Waals surface area contributed by atoms with Crippen LogP contribution in [0.5, 0.6) is 0 Å². The highest BCUT2D eigenvalue weighted by Gasteiger charge is 2.22. The Hall–Kier alpha value is -3.39. The maximum absolute atomic E-state index is 14.2. The lowest BCUT2D eigenvalue weighted by molar-refractivity contribution is -0.116. The van der Waals surface area contributed by atoms with Gasteiger partial charge < -0.3 is 20.4 Å². The Balaban J connectivity index is 1.23. The van der Waals surface area contributed by atoms with Crippen LogP contribution in [0.4, 0.5) is 15.8 Å². The molecule has 2 aliphatic rings. The Morgan fingerprint density at radius 2 is 1.91 bits per heavy atom. The molecule has 3 aromatic rings. The maximum Gasteiger partial charge on any atom is 0.284 e. The molecule has 1 aromatic heterocycles. The summed E-state index contributed by atoms with van der Waals surface area (Å²) in [6, 6.07) is 10.7. The number of carbonyl (C=O) groups excluding carboxylic acids is 2. The molecule has 0 unspecified atom stereocenters. The van der Waals surface area contributed by atoms with Crippen molar-refractivity contribution in [3.8, 4) is 0 Å². The molecule has 2 aliphatic heterocycles. The first-order valence-electron chi connectivity index (χ1n) is 10.9. The van der Waals surface area contributed by atoms with Crippen molar-refractivity contribution in [2.45, 2.75) is 19.3 Å². The van der Waals surface area contributed by atoms with Gasteiger partial charge in [-0.2, -0.15) is 0 Å². The molecular formula is C24H25FN4O3. The fourth-order valence-electron chi connectivity index (χ4n) is 4.54. The van der Waals surface area contributed by atoms with Gasteiger partial charge in [-0.15, -0.1) is 0 Å². The Morgan fingerprint density at radius 1 is 1.09 bits per heavy atom. The number of anilines is 2. The topological polar surface area (TPSA) is 91.8 Å². The van der Waals surface area contributed by atoms with Gasteiger partial charge >= 0.3 is 0 Å². The van der Waals surface area contributed by atoms with Crippen LogP contribution in [0.15, 0.2) is 40.8 Å². The zero-order valence-corrected chi connectivity index (χ0v) is 17.7. The van der Waals surface area contributed by atoms with Crippen LogP contribution >= 0.6 is 0 Å². The fourth-order valence-corrected chi connectivity index (χ4v) is 4.54. The number of primary amides is 1. The first kappa shape index (κ1) is 20.5. The number of nitrogens with zero attached hydrogens (tertiary/aromatic N) is 2. The maximum atomic E-state index is 14.2. The first-order valence-corrected chi connectivity index (χ1v) is 10.9. The van der Waals surface area contributed by atoms with Crippen molar-refractivity contribution in [2.75, 3.05) is 42.9 Å². The van der Waals surface area contributed by atoms with Crippen molar-refractivity contribution in [3.05, 3.63) is 59.1 Å². The molecule has 5 rings (SSSR count). The molecule has 0 aliphatic carbocycles. The number of furan rings is 1. The lowest BCUT2D eigenvalue weighted by Gasteiger charge is -2.36. The fraction of sp³-hybridized carbons (Fsp3) is 0.333. The summed E-state index contributed by atoms with van der Waals surface area (Å²) >= 11 is 0. The van der Waals surface area contributed by atoms with Crippen molar-refractivity contribution in [3.63, 3.8) is 0 Å². The van der Waals surface area contributed by atoms with Crippen molar-refractivity contribution >= 4 is 34.2 Å². The molecular weight excluding hydrogens is 411 g/mol. The highest BCUT2D eigenvalue weighted by atomic mass is 19.1. The van der Waals surface area contributed by atoms with Crippen molar-refractivity contribution in [1.29, 1.82) is 0 Å². The van der Waals surface area contributed by atoms with Crippen molar-refractivity contribution in [1.82, 2.24) is 4.90 Å². The van der Waals surface area contributed by atoms with Crippen LogP contribution in [0.3, 0.4) is 0 Å². The molecule has 0 bridgehead atoms. The highest BCUT2D eigenvalue weighted by Crippen LogP contribution is 2.32. The lowest BCUT2D eigenvalue weighted by Crippen LogP contribution is -2.47. The Kier molecular flexibility index (Phi) is 5.30. The van der Waals surface area contributed by atoms with E-state index in [9.17, 15) is 14.0 Å². The SMILES string of the molecule is NC(=O)c1cc2c(N3CCN(CCc4ccc5c(c4)NC(=O)CC5)CC3)cc(F)cc2o1. The van der Waals surface area contributed by atoms with Crippen LogP contribution in [0, 0.1) is 5.82 Å². The van der Waals surface area contributed by atoms with Crippen LogP contribution in [-0.2, 0) is 17.6 Å². The number of carbonyl (C=O) groups is 2. The van der Waals surface area contributed by atoms with E-state index in [1.54, 1.807) is 6.07 Å². The Bertz CT molecular complexity index is 1200. The summed E-state index contributed by atoms with van der Waals surface area (Å²) in [7, 11) is 0. The van der Waals surface area contributed by atoms with E-state index < -0.39 is 11.7 Å². The molecule has 0 spiro atoms. The standard InChI is InChI=1S/C24H25FN4O3/c25-17-12-20(18-14-22(24(26)31)32-21(18)13-17)29-9-7-28(8-10-29)6-5-15-1-2-16-3-4-23(30)27-19(16)11-15/h1-2,11-14H,3-10H2,(H2,26,31)(H,27,30). The number of nitrogens with one attached hydrogen (secondary N) is 1. The third kappa shape index (κ3) is 4.05. The van der Waals surface area contributed by atoms with Gasteiger partial charge in [0.15, 0.2) is 5.76 Å².